The van der Waals surface area contributed by atoms with Crippen molar-refractivity contribution in [3.63, 3.8) is 0 Å². The highest BCUT2D eigenvalue weighted by atomic mass is 32.1. The number of aliphatic hydroxyl groups is 1. The Hall–Kier alpha value is -1.44. The summed E-state index contributed by atoms with van der Waals surface area (Å²) in [6, 6.07) is 2.18. The van der Waals surface area contributed by atoms with Crippen LogP contribution in [-0.4, -0.2) is 54.5 Å². The number of thiophene rings is 1. The maximum absolute atomic E-state index is 9.32. The minimum atomic E-state index is -0.147. The van der Waals surface area contributed by atoms with Crippen LogP contribution in [0.4, 0.5) is 11.8 Å². The lowest BCUT2D eigenvalue weighted by Gasteiger charge is -2.33. The maximum atomic E-state index is 9.32. The molecular formula is C14H20N4O2S. The number of nitrogens with one attached hydrogen (secondary N) is 1. The van der Waals surface area contributed by atoms with Crippen molar-refractivity contribution >= 4 is 33.3 Å². The molecule has 1 unspecified atom stereocenters. The van der Waals surface area contributed by atoms with E-state index in [2.05, 4.69) is 33.2 Å². The first-order valence-electron chi connectivity index (χ1n) is 7.20. The summed E-state index contributed by atoms with van der Waals surface area (Å²) in [5.74, 6) is 1.57. The predicted octanol–water partition coefficient (Wildman–Crippen LogP) is 1.49. The quantitative estimate of drug-likeness (QED) is 0.892. The van der Waals surface area contributed by atoms with E-state index in [-0.39, 0.29) is 12.7 Å². The van der Waals surface area contributed by atoms with Gasteiger partial charge in [-0.3, -0.25) is 0 Å². The van der Waals surface area contributed by atoms with Crippen LogP contribution in [0.3, 0.4) is 0 Å². The van der Waals surface area contributed by atoms with E-state index in [1.54, 1.807) is 11.3 Å². The van der Waals surface area contributed by atoms with Crippen LogP contribution >= 0.6 is 11.3 Å². The number of aryl methyl sites for hydroxylation is 1. The molecule has 0 aliphatic carbocycles. The molecule has 1 aliphatic heterocycles. The van der Waals surface area contributed by atoms with Gasteiger partial charge in [-0.2, -0.15) is 4.98 Å². The Balaban J connectivity index is 2.04. The number of hydrogen-bond acceptors (Lipinski definition) is 7. The fraction of sp³-hybridized carbons (Fsp3) is 0.571. The van der Waals surface area contributed by atoms with Gasteiger partial charge >= 0.3 is 0 Å². The van der Waals surface area contributed by atoms with Gasteiger partial charge < -0.3 is 20.1 Å². The molecule has 0 aromatic carbocycles. The molecule has 1 saturated heterocycles. The van der Waals surface area contributed by atoms with E-state index in [0.717, 1.165) is 29.0 Å². The molecule has 0 saturated carbocycles. The molecule has 3 rings (SSSR count). The van der Waals surface area contributed by atoms with E-state index >= 15 is 0 Å². The van der Waals surface area contributed by atoms with Crippen LogP contribution in [0.1, 0.15) is 11.8 Å². The van der Waals surface area contributed by atoms with Gasteiger partial charge in [-0.15, -0.1) is 11.3 Å². The Morgan fingerprint density at radius 3 is 3.10 bits per heavy atom. The number of rotatable bonds is 4. The first-order valence-corrected chi connectivity index (χ1v) is 8.02. The molecule has 1 aliphatic rings. The Morgan fingerprint density at radius 2 is 2.38 bits per heavy atom. The van der Waals surface area contributed by atoms with Crippen LogP contribution in [0.25, 0.3) is 10.2 Å². The second-order valence-electron chi connectivity index (χ2n) is 5.03. The second-order valence-corrected chi connectivity index (χ2v) is 6.14. The zero-order valence-electron chi connectivity index (χ0n) is 12.3. The Labute approximate surface area is 127 Å². The molecule has 0 amide bonds. The number of fused-ring (bicyclic) bond motifs is 1. The van der Waals surface area contributed by atoms with Gasteiger partial charge in [-0.25, -0.2) is 4.98 Å². The molecule has 3 heterocycles. The van der Waals surface area contributed by atoms with Crippen molar-refractivity contribution in [1.82, 2.24) is 9.97 Å². The molecule has 114 valence electrons. The van der Waals surface area contributed by atoms with Crippen molar-refractivity contribution in [3.05, 3.63) is 10.9 Å². The first kappa shape index (κ1) is 14.5. The summed E-state index contributed by atoms with van der Waals surface area (Å²) >= 11 is 1.71. The molecule has 2 N–H and O–H groups in total. The summed E-state index contributed by atoms with van der Waals surface area (Å²) in [4.78, 5) is 13.7. The number of nitrogens with zero attached hydrogens (tertiary/aromatic N) is 3. The van der Waals surface area contributed by atoms with Crippen LogP contribution in [0.5, 0.6) is 0 Å². The van der Waals surface area contributed by atoms with Crippen LogP contribution in [0, 0.1) is 0 Å². The average molecular weight is 308 g/mol. The highest BCUT2D eigenvalue weighted by Crippen LogP contribution is 2.33. The number of aliphatic hydroxyl groups excluding tert-OH is 1. The minimum Gasteiger partial charge on any atom is -0.394 e. The topological polar surface area (TPSA) is 70.5 Å². The molecule has 1 fully saturated rings. The van der Waals surface area contributed by atoms with Crippen molar-refractivity contribution in [2.75, 3.05) is 43.6 Å². The van der Waals surface area contributed by atoms with Crippen LogP contribution in [0.2, 0.25) is 0 Å². The number of hydrogen-bond donors (Lipinski definition) is 2. The van der Waals surface area contributed by atoms with Gasteiger partial charge in [-0.05, 0) is 12.5 Å². The third-order valence-electron chi connectivity index (χ3n) is 3.64. The molecule has 7 heteroatoms. The lowest BCUT2D eigenvalue weighted by molar-refractivity contribution is 0.00344. The van der Waals surface area contributed by atoms with E-state index < -0.39 is 0 Å². The van der Waals surface area contributed by atoms with Gasteiger partial charge in [0.2, 0.25) is 5.95 Å². The number of aromatic nitrogens is 2. The summed E-state index contributed by atoms with van der Waals surface area (Å²) in [7, 11) is 1.83. The molecular weight excluding hydrogens is 288 g/mol. The van der Waals surface area contributed by atoms with Crippen LogP contribution in [0.15, 0.2) is 6.07 Å². The SMILES string of the molecule is CCc1cc2c(N3CCOC(CO)C3)nc(NC)nc2s1. The normalized spacial score (nSPS) is 19.2. The molecule has 0 spiro atoms. The Kier molecular flexibility index (Phi) is 4.23. The molecule has 6 nitrogen and oxygen atoms in total. The molecule has 1 atom stereocenters. The summed E-state index contributed by atoms with van der Waals surface area (Å²) < 4.78 is 5.53. The average Bonchev–Trinajstić information content (AvgIpc) is 2.96. The van der Waals surface area contributed by atoms with E-state index in [1.807, 2.05) is 7.05 Å². The van der Waals surface area contributed by atoms with Gasteiger partial charge in [0.05, 0.1) is 24.7 Å². The predicted molar refractivity (Wildman–Crippen MR) is 85.4 cm³/mol. The van der Waals surface area contributed by atoms with E-state index in [0.29, 0.717) is 19.1 Å². The largest absolute Gasteiger partial charge is 0.394 e. The van der Waals surface area contributed by atoms with Crippen molar-refractivity contribution in [2.45, 2.75) is 19.4 Å². The van der Waals surface area contributed by atoms with Crippen LogP contribution < -0.4 is 10.2 Å². The minimum absolute atomic E-state index is 0.0352. The van der Waals surface area contributed by atoms with E-state index in [1.165, 1.54) is 4.88 Å². The smallest absolute Gasteiger partial charge is 0.225 e. The molecule has 21 heavy (non-hydrogen) atoms. The first-order chi connectivity index (χ1) is 10.2. The van der Waals surface area contributed by atoms with Gasteiger partial charge in [0, 0.05) is 25.0 Å². The molecule has 2 aromatic rings. The fourth-order valence-corrected chi connectivity index (χ4v) is 3.47. The van der Waals surface area contributed by atoms with Gasteiger partial charge in [0.15, 0.2) is 0 Å². The zero-order valence-corrected chi connectivity index (χ0v) is 13.1. The second kappa shape index (κ2) is 6.13. The number of ether oxygens (including phenoxy) is 1. The van der Waals surface area contributed by atoms with Gasteiger partial charge in [0.25, 0.3) is 0 Å². The summed E-state index contributed by atoms with van der Waals surface area (Å²) in [5, 5.41) is 13.4. The molecule has 0 radical (unpaired) electrons. The zero-order chi connectivity index (χ0) is 14.8. The third kappa shape index (κ3) is 2.81. The lowest BCUT2D eigenvalue weighted by atomic mass is 10.2. The van der Waals surface area contributed by atoms with Crippen molar-refractivity contribution in [3.8, 4) is 0 Å². The highest BCUT2D eigenvalue weighted by Gasteiger charge is 2.23. The Morgan fingerprint density at radius 1 is 1.52 bits per heavy atom. The number of morpholine rings is 1. The maximum Gasteiger partial charge on any atom is 0.225 e. The standard InChI is InChI=1S/C14H20N4O2S/c1-3-10-6-11-12(16-14(15-2)17-13(11)21-10)18-4-5-20-9(7-18)8-19/h6,9,19H,3-5,7-8H2,1-2H3,(H,15,16,17). The van der Waals surface area contributed by atoms with Gasteiger partial charge in [-0.1, -0.05) is 6.92 Å². The third-order valence-corrected chi connectivity index (χ3v) is 4.81. The summed E-state index contributed by atoms with van der Waals surface area (Å²) in [6.07, 6.45) is 0.851. The van der Waals surface area contributed by atoms with E-state index in [4.69, 9.17) is 4.74 Å². The summed E-state index contributed by atoms with van der Waals surface area (Å²) in [5.41, 5.74) is 0. The van der Waals surface area contributed by atoms with Crippen molar-refractivity contribution in [1.29, 1.82) is 0 Å². The fourth-order valence-electron chi connectivity index (χ4n) is 2.51. The molecule has 2 aromatic heterocycles. The Bertz CT molecular complexity index is 631. The number of anilines is 2. The van der Waals surface area contributed by atoms with Gasteiger partial charge in [0.1, 0.15) is 10.6 Å². The highest BCUT2D eigenvalue weighted by molar-refractivity contribution is 7.18. The monoisotopic (exact) mass is 308 g/mol. The molecule has 0 bridgehead atoms. The summed E-state index contributed by atoms with van der Waals surface area (Å²) in [6.45, 7) is 4.23. The van der Waals surface area contributed by atoms with Crippen molar-refractivity contribution in [2.24, 2.45) is 0 Å². The van der Waals surface area contributed by atoms with Crippen LogP contribution in [-0.2, 0) is 11.2 Å². The lowest BCUT2D eigenvalue weighted by Crippen LogP contribution is -2.44. The van der Waals surface area contributed by atoms with E-state index in [9.17, 15) is 5.11 Å². The van der Waals surface area contributed by atoms with Crippen molar-refractivity contribution < 1.29 is 9.84 Å².